The second-order valence-corrected chi connectivity index (χ2v) is 9.21. The van der Waals surface area contributed by atoms with Crippen LogP contribution in [0.1, 0.15) is 123 Å². The molecule has 5 heteroatoms. The fourth-order valence-electron chi connectivity index (χ4n) is 3.69. The van der Waals surface area contributed by atoms with Gasteiger partial charge < -0.3 is 9.47 Å². The number of unbranched alkanes of at least 4 members (excludes halogenated alkanes) is 10. The number of ether oxygens (including phenoxy) is 2. The Labute approximate surface area is 190 Å². The molecule has 0 aliphatic heterocycles. The minimum Gasteiger partial charge on any atom is -0.465 e. The molecule has 1 rings (SSSR count). The molecule has 0 aromatic heterocycles. The Hall–Kier alpha value is -1.39. The maximum absolute atomic E-state index is 12.2. The largest absolute Gasteiger partial charge is 0.465 e. The predicted molar refractivity (Wildman–Crippen MR) is 124 cm³/mol. The van der Waals surface area contributed by atoms with Crippen LogP contribution in [0.5, 0.6) is 0 Å². The van der Waals surface area contributed by atoms with Crippen molar-refractivity contribution in [2.45, 2.75) is 123 Å². The molecule has 0 radical (unpaired) electrons. The molecule has 0 spiro atoms. The predicted octanol–water partition coefficient (Wildman–Crippen LogP) is 6.56. The third-order valence-electron chi connectivity index (χ3n) is 5.95. The van der Waals surface area contributed by atoms with Gasteiger partial charge in [0.2, 0.25) is 0 Å². The summed E-state index contributed by atoms with van der Waals surface area (Å²) < 4.78 is 10.8. The zero-order valence-electron chi connectivity index (χ0n) is 20.1. The van der Waals surface area contributed by atoms with Crippen molar-refractivity contribution >= 4 is 17.7 Å². The number of ketones is 1. The normalized spacial score (nSPS) is 13.4. The molecule has 0 aromatic rings. The van der Waals surface area contributed by atoms with Gasteiger partial charge in [-0.3, -0.25) is 14.4 Å². The number of esters is 2. The van der Waals surface area contributed by atoms with Gasteiger partial charge in [-0.15, -0.1) is 0 Å². The van der Waals surface area contributed by atoms with Gasteiger partial charge in [-0.25, -0.2) is 0 Å². The van der Waals surface area contributed by atoms with Gasteiger partial charge in [0.15, 0.2) is 0 Å². The topological polar surface area (TPSA) is 69.7 Å². The Bertz CT molecular complexity index is 466. The molecule has 31 heavy (non-hydrogen) atoms. The van der Waals surface area contributed by atoms with Gasteiger partial charge in [-0.1, -0.05) is 78.1 Å². The lowest BCUT2D eigenvalue weighted by atomic mass is 10.0. The summed E-state index contributed by atoms with van der Waals surface area (Å²) in [6.07, 6.45) is 16.6. The van der Waals surface area contributed by atoms with Crippen LogP contribution in [-0.4, -0.2) is 30.9 Å². The molecule has 1 saturated carbocycles. The lowest BCUT2D eigenvalue weighted by molar-refractivity contribution is -0.150. The van der Waals surface area contributed by atoms with Gasteiger partial charge in [0.25, 0.3) is 0 Å². The van der Waals surface area contributed by atoms with Crippen molar-refractivity contribution in [3.63, 3.8) is 0 Å². The summed E-state index contributed by atoms with van der Waals surface area (Å²) in [5.41, 5.74) is 0. The Morgan fingerprint density at radius 3 is 1.52 bits per heavy atom. The summed E-state index contributed by atoms with van der Waals surface area (Å²) in [5.74, 6) is -0.269. The highest BCUT2D eigenvalue weighted by Gasteiger charge is 2.31. The number of Topliss-reactive ketones (excluding diaryl/α,β-unsaturated/α-hetero) is 1. The van der Waals surface area contributed by atoms with Crippen molar-refractivity contribution in [1.29, 1.82) is 0 Å². The summed E-state index contributed by atoms with van der Waals surface area (Å²) >= 11 is 0. The van der Waals surface area contributed by atoms with Gasteiger partial charge in [-0.05, 0) is 25.7 Å². The molecular formula is C26H46O5. The zero-order chi connectivity index (χ0) is 22.7. The number of hydrogen-bond donors (Lipinski definition) is 0. The van der Waals surface area contributed by atoms with Crippen molar-refractivity contribution in [1.82, 2.24) is 0 Å². The Kier molecular flexibility index (Phi) is 16.2. The smallest absolute Gasteiger partial charge is 0.305 e. The molecule has 5 nitrogen and oxygen atoms in total. The molecule has 0 aromatic carbocycles. The fourth-order valence-corrected chi connectivity index (χ4v) is 3.69. The maximum Gasteiger partial charge on any atom is 0.305 e. The molecule has 0 unspecified atom stereocenters. The molecule has 0 saturated heterocycles. The monoisotopic (exact) mass is 438 g/mol. The minimum absolute atomic E-state index is 0.164. The Balaban J connectivity index is 2.24. The van der Waals surface area contributed by atoms with Crippen LogP contribution in [0.2, 0.25) is 0 Å². The summed E-state index contributed by atoms with van der Waals surface area (Å²) in [7, 11) is 0. The van der Waals surface area contributed by atoms with Gasteiger partial charge >= 0.3 is 11.9 Å². The maximum atomic E-state index is 12.2. The lowest BCUT2D eigenvalue weighted by Crippen LogP contribution is -2.24. The van der Waals surface area contributed by atoms with E-state index in [1.54, 1.807) is 0 Å². The van der Waals surface area contributed by atoms with Crippen LogP contribution in [0, 0.1) is 11.8 Å². The van der Waals surface area contributed by atoms with Crippen molar-refractivity contribution in [3.8, 4) is 0 Å². The molecule has 1 fully saturated rings. The summed E-state index contributed by atoms with van der Waals surface area (Å²) in [4.78, 5) is 36.3. The number of rotatable bonds is 21. The average molecular weight is 439 g/mol. The van der Waals surface area contributed by atoms with E-state index in [1.165, 1.54) is 38.5 Å². The van der Waals surface area contributed by atoms with Crippen LogP contribution >= 0.6 is 0 Å². The Morgan fingerprint density at radius 1 is 0.677 bits per heavy atom. The first kappa shape index (κ1) is 27.6. The highest BCUT2D eigenvalue weighted by atomic mass is 16.5. The Morgan fingerprint density at radius 2 is 1.10 bits per heavy atom. The molecular weight excluding hydrogens is 392 g/mol. The molecule has 1 aliphatic carbocycles. The number of hydrogen-bond acceptors (Lipinski definition) is 5. The van der Waals surface area contributed by atoms with Crippen molar-refractivity contribution in [2.75, 3.05) is 13.2 Å². The first-order valence-electron chi connectivity index (χ1n) is 12.9. The van der Waals surface area contributed by atoms with E-state index in [4.69, 9.17) is 9.47 Å². The van der Waals surface area contributed by atoms with E-state index >= 15 is 0 Å². The lowest BCUT2D eigenvalue weighted by Gasteiger charge is -2.17. The van der Waals surface area contributed by atoms with E-state index in [2.05, 4.69) is 13.8 Å². The van der Waals surface area contributed by atoms with E-state index < -0.39 is 0 Å². The summed E-state index contributed by atoms with van der Waals surface area (Å²) in [6.45, 7) is 4.70. The molecule has 0 heterocycles. The number of carbonyl (C=O) groups excluding carboxylic acids is 3. The summed E-state index contributed by atoms with van der Waals surface area (Å²) in [5, 5.41) is 0. The van der Waals surface area contributed by atoms with Crippen LogP contribution in [0.15, 0.2) is 0 Å². The fraction of sp³-hybridized carbons (Fsp3) is 0.885. The van der Waals surface area contributed by atoms with Gasteiger partial charge in [0.05, 0.1) is 13.2 Å². The second-order valence-electron chi connectivity index (χ2n) is 9.21. The first-order valence-corrected chi connectivity index (χ1v) is 12.9. The van der Waals surface area contributed by atoms with Gasteiger partial charge in [0, 0.05) is 31.1 Å². The third-order valence-corrected chi connectivity index (χ3v) is 5.95. The average Bonchev–Trinajstić information content (AvgIpc) is 3.60. The van der Waals surface area contributed by atoms with E-state index in [0.29, 0.717) is 19.3 Å². The van der Waals surface area contributed by atoms with E-state index in [0.717, 1.165) is 51.4 Å². The van der Waals surface area contributed by atoms with Crippen LogP contribution in [0.25, 0.3) is 0 Å². The molecule has 180 valence electrons. The van der Waals surface area contributed by atoms with Gasteiger partial charge in [0.1, 0.15) is 5.78 Å². The van der Waals surface area contributed by atoms with E-state index in [9.17, 15) is 14.4 Å². The van der Waals surface area contributed by atoms with Crippen molar-refractivity contribution in [2.24, 2.45) is 11.8 Å². The van der Waals surface area contributed by atoms with Crippen molar-refractivity contribution in [3.05, 3.63) is 0 Å². The minimum atomic E-state index is -0.227. The molecule has 0 N–H and O–H groups in total. The quantitative estimate of drug-likeness (QED) is 0.150. The van der Waals surface area contributed by atoms with Crippen LogP contribution in [0.3, 0.4) is 0 Å². The molecule has 0 atom stereocenters. The second kappa shape index (κ2) is 18.2. The third kappa shape index (κ3) is 16.0. The molecule has 0 bridgehead atoms. The zero-order valence-corrected chi connectivity index (χ0v) is 20.1. The van der Waals surface area contributed by atoms with E-state index in [-0.39, 0.29) is 42.8 Å². The molecule has 0 amide bonds. The van der Waals surface area contributed by atoms with Gasteiger partial charge in [-0.2, -0.15) is 0 Å². The van der Waals surface area contributed by atoms with Crippen LogP contribution in [0.4, 0.5) is 0 Å². The number of carbonyl (C=O) groups is 3. The summed E-state index contributed by atoms with van der Waals surface area (Å²) in [6, 6.07) is 0. The SMILES string of the molecule is CCCCCCCCC(=O)OCC(COC(=O)CCCCCCCC)CC(=O)C1CC1. The highest BCUT2D eigenvalue weighted by Crippen LogP contribution is 2.32. The van der Waals surface area contributed by atoms with Crippen LogP contribution in [-0.2, 0) is 23.9 Å². The first-order chi connectivity index (χ1) is 15.1. The highest BCUT2D eigenvalue weighted by molar-refractivity contribution is 5.83. The van der Waals surface area contributed by atoms with E-state index in [1.807, 2.05) is 0 Å². The standard InChI is InChI=1S/C26H46O5/c1-3-5-7-9-11-13-15-25(28)30-20-22(19-24(27)23-17-18-23)21-31-26(29)16-14-12-10-8-6-4-2/h22-23H,3-21H2,1-2H3. The molecule has 1 aliphatic rings. The van der Waals surface area contributed by atoms with Crippen LogP contribution < -0.4 is 0 Å². The van der Waals surface area contributed by atoms with Crippen molar-refractivity contribution < 1.29 is 23.9 Å².